The van der Waals surface area contributed by atoms with Crippen LogP contribution in [0.15, 0.2) is 36.4 Å². The second kappa shape index (κ2) is 9.54. The highest BCUT2D eigenvalue weighted by Crippen LogP contribution is 2.35. The molecule has 0 aromatic heterocycles. The van der Waals surface area contributed by atoms with Gasteiger partial charge in [-0.25, -0.2) is 0 Å². The van der Waals surface area contributed by atoms with E-state index < -0.39 is 29.5 Å². The summed E-state index contributed by atoms with van der Waals surface area (Å²) in [4.78, 5) is 2.00. The van der Waals surface area contributed by atoms with E-state index in [9.17, 15) is 26.3 Å². The van der Waals surface area contributed by atoms with Gasteiger partial charge in [0, 0.05) is 31.4 Å². The predicted molar refractivity (Wildman–Crippen MR) is 115 cm³/mol. The number of benzene rings is 2. The van der Waals surface area contributed by atoms with E-state index in [1.165, 1.54) is 6.07 Å². The minimum Gasteiger partial charge on any atom is -0.372 e. The van der Waals surface area contributed by atoms with E-state index in [2.05, 4.69) is 5.32 Å². The van der Waals surface area contributed by atoms with Gasteiger partial charge >= 0.3 is 12.4 Å². The van der Waals surface area contributed by atoms with Crippen molar-refractivity contribution in [1.82, 2.24) is 5.32 Å². The molecule has 3 atom stereocenters. The third-order valence-electron chi connectivity index (χ3n) is 5.69. The van der Waals surface area contributed by atoms with Gasteiger partial charge in [-0.3, -0.25) is 0 Å². The first kappa shape index (κ1) is 25.4. The molecule has 3 rings (SSSR count). The Morgan fingerprint density at radius 1 is 0.939 bits per heavy atom. The van der Waals surface area contributed by atoms with Crippen LogP contribution >= 0.6 is 0 Å². The summed E-state index contributed by atoms with van der Waals surface area (Å²) in [6.45, 7) is 8.22. The highest BCUT2D eigenvalue weighted by atomic mass is 19.4. The summed E-state index contributed by atoms with van der Waals surface area (Å²) in [6, 6.07) is 6.91. The summed E-state index contributed by atoms with van der Waals surface area (Å²) in [7, 11) is 0. The molecule has 3 nitrogen and oxygen atoms in total. The van der Waals surface area contributed by atoms with Crippen LogP contribution in [-0.2, 0) is 23.6 Å². The number of nitrogens with one attached hydrogen (secondary N) is 1. The fourth-order valence-corrected chi connectivity index (χ4v) is 4.19. The van der Waals surface area contributed by atoms with E-state index in [-0.39, 0.29) is 18.8 Å². The molecule has 1 aliphatic heterocycles. The lowest BCUT2D eigenvalue weighted by Gasteiger charge is -2.38. The highest BCUT2D eigenvalue weighted by molar-refractivity contribution is 5.56. The topological polar surface area (TPSA) is 24.5 Å². The van der Waals surface area contributed by atoms with Crippen LogP contribution in [0.3, 0.4) is 0 Å². The molecular weight excluding hydrogens is 446 g/mol. The Morgan fingerprint density at radius 2 is 1.55 bits per heavy atom. The Balaban J connectivity index is 1.88. The third kappa shape index (κ3) is 6.41. The molecule has 1 saturated heterocycles. The Hall–Kier alpha value is -2.26. The molecule has 0 aliphatic carbocycles. The van der Waals surface area contributed by atoms with Crippen LogP contribution in [0.5, 0.6) is 0 Å². The van der Waals surface area contributed by atoms with Crippen molar-refractivity contribution in [3.05, 3.63) is 64.2 Å². The smallest absolute Gasteiger partial charge is 0.372 e. The van der Waals surface area contributed by atoms with Gasteiger partial charge in [0.2, 0.25) is 0 Å². The normalized spacial score (nSPS) is 20.7. The van der Waals surface area contributed by atoms with Crippen LogP contribution in [-0.4, -0.2) is 25.3 Å². The molecule has 1 unspecified atom stereocenters. The van der Waals surface area contributed by atoms with E-state index in [0.29, 0.717) is 35.5 Å². The molecular formula is C24H28F6N2O. The molecule has 1 aliphatic rings. The lowest BCUT2D eigenvalue weighted by Crippen LogP contribution is -2.46. The van der Waals surface area contributed by atoms with Crippen LogP contribution in [0.2, 0.25) is 0 Å². The van der Waals surface area contributed by atoms with Crippen molar-refractivity contribution >= 4 is 5.69 Å². The van der Waals surface area contributed by atoms with Crippen LogP contribution in [0, 0.1) is 6.92 Å². The second-order valence-electron chi connectivity index (χ2n) is 8.74. The average molecular weight is 474 g/mol. The van der Waals surface area contributed by atoms with E-state index in [0.717, 1.165) is 24.3 Å². The zero-order valence-corrected chi connectivity index (χ0v) is 18.9. The van der Waals surface area contributed by atoms with Crippen molar-refractivity contribution < 1.29 is 31.1 Å². The second-order valence-corrected chi connectivity index (χ2v) is 8.74. The number of ether oxygens (including phenoxy) is 1. The molecule has 0 bridgehead atoms. The van der Waals surface area contributed by atoms with Gasteiger partial charge in [-0.1, -0.05) is 11.6 Å². The molecule has 0 amide bonds. The van der Waals surface area contributed by atoms with Gasteiger partial charge in [0.1, 0.15) is 0 Å². The standard InChI is InChI=1S/C24H28F6N2O/c1-14-7-18(9-21(8-14)24(28,29)30)17(4)31-11-19-10-20(23(25,26)27)5-6-22(19)32-12-15(2)33-16(3)13-32/h5-10,15-17,31H,11-13H2,1-4H3/t15-,16+,17?. The van der Waals surface area contributed by atoms with Crippen molar-refractivity contribution in [1.29, 1.82) is 0 Å². The largest absolute Gasteiger partial charge is 0.416 e. The summed E-state index contributed by atoms with van der Waals surface area (Å²) >= 11 is 0. The number of anilines is 1. The van der Waals surface area contributed by atoms with E-state index in [4.69, 9.17) is 4.74 Å². The maximum atomic E-state index is 13.4. The van der Waals surface area contributed by atoms with E-state index in [1.54, 1.807) is 19.9 Å². The fourth-order valence-electron chi connectivity index (χ4n) is 4.19. The Kier molecular flexibility index (Phi) is 7.33. The molecule has 0 radical (unpaired) electrons. The molecule has 9 heteroatoms. The van der Waals surface area contributed by atoms with Crippen LogP contribution in [0.4, 0.5) is 32.0 Å². The zero-order chi connectivity index (χ0) is 24.6. The third-order valence-corrected chi connectivity index (χ3v) is 5.69. The number of alkyl halides is 6. The number of halogens is 6. The van der Waals surface area contributed by atoms with Crippen LogP contribution in [0.25, 0.3) is 0 Å². The lowest BCUT2D eigenvalue weighted by molar-refractivity contribution is -0.138. The molecule has 182 valence electrons. The number of rotatable bonds is 5. The lowest BCUT2D eigenvalue weighted by atomic mass is 10.0. The summed E-state index contributed by atoms with van der Waals surface area (Å²) in [5, 5.41) is 3.11. The first-order chi connectivity index (χ1) is 15.2. The molecule has 2 aromatic carbocycles. The highest BCUT2D eigenvalue weighted by Gasteiger charge is 2.33. The molecule has 0 saturated carbocycles. The van der Waals surface area contributed by atoms with Gasteiger partial charge in [-0.05, 0) is 69.2 Å². The van der Waals surface area contributed by atoms with Gasteiger partial charge in [0.05, 0.1) is 23.3 Å². The number of hydrogen-bond donors (Lipinski definition) is 1. The Bertz CT molecular complexity index is 962. The summed E-state index contributed by atoms with van der Waals surface area (Å²) in [5.74, 6) is 0. The minimum absolute atomic E-state index is 0.0653. The summed E-state index contributed by atoms with van der Waals surface area (Å²) in [5.41, 5.74) is 0.461. The average Bonchev–Trinajstić information content (AvgIpc) is 2.69. The van der Waals surface area contributed by atoms with Gasteiger partial charge in [-0.15, -0.1) is 0 Å². The first-order valence-corrected chi connectivity index (χ1v) is 10.8. The number of aryl methyl sites for hydroxylation is 1. The first-order valence-electron chi connectivity index (χ1n) is 10.8. The summed E-state index contributed by atoms with van der Waals surface area (Å²) in [6.07, 6.45) is -9.13. The molecule has 1 N–H and O–H groups in total. The van der Waals surface area contributed by atoms with Crippen LogP contribution < -0.4 is 10.2 Å². The number of hydrogen-bond acceptors (Lipinski definition) is 3. The maximum absolute atomic E-state index is 13.4. The Morgan fingerprint density at radius 3 is 2.12 bits per heavy atom. The predicted octanol–water partition coefficient (Wildman–Crippen LogP) is 6.50. The van der Waals surface area contributed by atoms with Gasteiger partial charge in [-0.2, -0.15) is 26.3 Å². The van der Waals surface area contributed by atoms with Gasteiger partial charge in [0.25, 0.3) is 0 Å². The fraction of sp³-hybridized carbons (Fsp3) is 0.500. The van der Waals surface area contributed by atoms with Crippen LogP contribution in [0.1, 0.15) is 54.6 Å². The van der Waals surface area contributed by atoms with Crippen molar-refractivity contribution in [3.8, 4) is 0 Å². The molecule has 1 fully saturated rings. The van der Waals surface area contributed by atoms with E-state index in [1.807, 2.05) is 18.7 Å². The SMILES string of the molecule is Cc1cc(C(C)NCc2cc(C(F)(F)F)ccc2N2C[C@@H](C)O[C@@H](C)C2)cc(C(F)(F)F)c1. The minimum atomic E-state index is -4.50. The van der Waals surface area contributed by atoms with Gasteiger partial charge < -0.3 is 15.0 Å². The maximum Gasteiger partial charge on any atom is 0.416 e. The molecule has 1 heterocycles. The number of morpholine rings is 1. The zero-order valence-electron chi connectivity index (χ0n) is 18.9. The van der Waals surface area contributed by atoms with Crippen molar-refractivity contribution in [2.45, 2.75) is 64.8 Å². The monoisotopic (exact) mass is 474 g/mol. The van der Waals surface area contributed by atoms with E-state index >= 15 is 0 Å². The Labute approximate surface area is 189 Å². The quantitative estimate of drug-likeness (QED) is 0.501. The van der Waals surface area contributed by atoms with Crippen molar-refractivity contribution in [3.63, 3.8) is 0 Å². The molecule has 33 heavy (non-hydrogen) atoms. The molecule has 2 aromatic rings. The molecule has 0 spiro atoms. The van der Waals surface area contributed by atoms with Crippen molar-refractivity contribution in [2.75, 3.05) is 18.0 Å². The summed E-state index contributed by atoms with van der Waals surface area (Å²) < 4.78 is 85.4. The number of nitrogens with zero attached hydrogens (tertiary/aromatic N) is 1. The van der Waals surface area contributed by atoms with Gasteiger partial charge in [0.15, 0.2) is 0 Å². The van der Waals surface area contributed by atoms with Crippen molar-refractivity contribution in [2.24, 2.45) is 0 Å².